The number of nitrogens with one attached hydrogen (secondary N) is 2. The third-order valence-corrected chi connectivity index (χ3v) is 3.23. The molecular weight excluding hydrogens is 304 g/mol. The van der Waals surface area contributed by atoms with Gasteiger partial charge in [-0.25, -0.2) is 9.97 Å². The molecule has 0 unspecified atom stereocenters. The molecule has 24 heavy (non-hydrogen) atoms. The lowest BCUT2D eigenvalue weighted by atomic mass is 10.2. The molecule has 0 radical (unpaired) electrons. The van der Waals surface area contributed by atoms with Crippen LogP contribution in [0.2, 0.25) is 0 Å². The second-order valence-electron chi connectivity index (χ2n) is 5.10. The number of carbonyl (C=O) groups is 1. The molecule has 0 saturated carbocycles. The first kappa shape index (κ1) is 17.6. The normalized spacial score (nSPS) is 10.2. The zero-order valence-electron chi connectivity index (χ0n) is 13.8. The number of benzene rings is 1. The summed E-state index contributed by atoms with van der Waals surface area (Å²) in [7, 11) is 1.63. The van der Waals surface area contributed by atoms with Gasteiger partial charge in [-0.15, -0.1) is 6.58 Å². The van der Waals surface area contributed by atoms with Crippen LogP contribution in [0.25, 0.3) is 11.4 Å². The monoisotopic (exact) mass is 326 g/mol. The fourth-order valence-electron chi connectivity index (χ4n) is 2.06. The van der Waals surface area contributed by atoms with Crippen molar-refractivity contribution in [2.75, 3.05) is 32.1 Å². The highest BCUT2D eigenvalue weighted by molar-refractivity contribution is 5.93. The van der Waals surface area contributed by atoms with Crippen molar-refractivity contribution in [3.63, 3.8) is 0 Å². The number of nitrogens with zero attached hydrogens (tertiary/aromatic N) is 2. The van der Waals surface area contributed by atoms with Crippen LogP contribution in [0, 0.1) is 0 Å². The molecule has 0 aliphatic rings. The van der Waals surface area contributed by atoms with Gasteiger partial charge in [-0.2, -0.15) is 0 Å². The van der Waals surface area contributed by atoms with E-state index in [1.54, 1.807) is 19.3 Å². The molecule has 2 N–H and O–H groups in total. The van der Waals surface area contributed by atoms with Gasteiger partial charge in [0, 0.05) is 38.4 Å². The molecule has 1 amide bonds. The predicted molar refractivity (Wildman–Crippen MR) is 95.0 cm³/mol. The lowest BCUT2D eigenvalue weighted by Gasteiger charge is -2.10. The maximum absolute atomic E-state index is 12.3. The van der Waals surface area contributed by atoms with E-state index >= 15 is 0 Å². The number of rotatable bonds is 9. The summed E-state index contributed by atoms with van der Waals surface area (Å²) in [6.45, 7) is 5.37. The van der Waals surface area contributed by atoms with Crippen LogP contribution in [0.4, 0.5) is 5.82 Å². The maximum Gasteiger partial charge on any atom is 0.270 e. The van der Waals surface area contributed by atoms with Crippen molar-refractivity contribution in [1.29, 1.82) is 0 Å². The SMILES string of the molecule is C=CCNc1cc(C(=O)NCCCOC)nc(-c2ccccc2)n1. The summed E-state index contributed by atoms with van der Waals surface area (Å²) in [5.74, 6) is 0.866. The van der Waals surface area contributed by atoms with Crippen LogP contribution in [0.3, 0.4) is 0 Å². The van der Waals surface area contributed by atoms with Gasteiger partial charge in [-0.1, -0.05) is 36.4 Å². The van der Waals surface area contributed by atoms with Crippen molar-refractivity contribution in [3.05, 3.63) is 54.7 Å². The molecule has 0 fully saturated rings. The number of carbonyl (C=O) groups excluding carboxylic acids is 1. The third kappa shape index (κ3) is 5.17. The van der Waals surface area contributed by atoms with Gasteiger partial charge in [0.15, 0.2) is 5.82 Å². The van der Waals surface area contributed by atoms with Gasteiger partial charge in [0.05, 0.1) is 0 Å². The van der Waals surface area contributed by atoms with E-state index < -0.39 is 0 Å². The van der Waals surface area contributed by atoms with E-state index in [-0.39, 0.29) is 5.91 Å². The van der Waals surface area contributed by atoms with E-state index in [9.17, 15) is 4.79 Å². The minimum Gasteiger partial charge on any atom is -0.385 e. The Labute approximate surface area is 142 Å². The first-order chi connectivity index (χ1) is 11.7. The van der Waals surface area contributed by atoms with Crippen molar-refractivity contribution < 1.29 is 9.53 Å². The van der Waals surface area contributed by atoms with Crippen molar-refractivity contribution in [1.82, 2.24) is 15.3 Å². The average molecular weight is 326 g/mol. The zero-order valence-corrected chi connectivity index (χ0v) is 13.8. The minimum absolute atomic E-state index is 0.229. The molecular formula is C18H22N4O2. The van der Waals surface area contributed by atoms with Crippen LogP contribution in [0.1, 0.15) is 16.9 Å². The van der Waals surface area contributed by atoms with Crippen molar-refractivity contribution in [2.45, 2.75) is 6.42 Å². The highest BCUT2D eigenvalue weighted by atomic mass is 16.5. The van der Waals surface area contributed by atoms with E-state index in [2.05, 4.69) is 27.2 Å². The second-order valence-corrected chi connectivity index (χ2v) is 5.10. The molecule has 6 heteroatoms. The number of hydrogen-bond donors (Lipinski definition) is 2. The molecule has 0 atom stereocenters. The summed E-state index contributed by atoms with van der Waals surface area (Å²) in [4.78, 5) is 21.2. The smallest absolute Gasteiger partial charge is 0.270 e. The van der Waals surface area contributed by atoms with Crippen LogP contribution in [-0.4, -0.2) is 42.7 Å². The standard InChI is InChI=1S/C18H22N4O2/c1-3-10-19-16-13-15(18(23)20-11-7-12-24-2)21-17(22-16)14-8-5-4-6-9-14/h3-6,8-9,13H,1,7,10-12H2,2H3,(H,20,23)(H,19,21,22). The van der Waals surface area contributed by atoms with Gasteiger partial charge in [0.25, 0.3) is 5.91 Å². The molecule has 0 spiro atoms. The quantitative estimate of drug-likeness (QED) is 0.547. The molecule has 1 aromatic carbocycles. The van der Waals surface area contributed by atoms with Crippen LogP contribution >= 0.6 is 0 Å². The number of amides is 1. The lowest BCUT2D eigenvalue weighted by Crippen LogP contribution is -2.26. The number of ether oxygens (including phenoxy) is 1. The van der Waals surface area contributed by atoms with Gasteiger partial charge in [0.1, 0.15) is 11.5 Å². The van der Waals surface area contributed by atoms with Crippen molar-refractivity contribution >= 4 is 11.7 Å². The summed E-state index contributed by atoms with van der Waals surface area (Å²) < 4.78 is 4.97. The number of aromatic nitrogens is 2. The average Bonchev–Trinajstić information content (AvgIpc) is 2.64. The summed E-state index contributed by atoms with van der Waals surface area (Å²) >= 11 is 0. The Morgan fingerprint density at radius 1 is 1.29 bits per heavy atom. The molecule has 0 aliphatic heterocycles. The molecule has 1 heterocycles. The molecule has 2 aromatic rings. The predicted octanol–water partition coefficient (Wildman–Crippen LogP) is 2.51. The molecule has 126 valence electrons. The Kier molecular flexibility index (Phi) is 6.91. The van der Waals surface area contributed by atoms with Crippen LogP contribution < -0.4 is 10.6 Å². The van der Waals surface area contributed by atoms with E-state index in [1.807, 2.05) is 30.3 Å². The van der Waals surface area contributed by atoms with E-state index in [1.165, 1.54) is 0 Å². The summed E-state index contributed by atoms with van der Waals surface area (Å²) in [6, 6.07) is 11.2. The van der Waals surface area contributed by atoms with Gasteiger partial charge in [-0.3, -0.25) is 4.79 Å². The molecule has 0 bridgehead atoms. The Hall–Kier alpha value is -2.73. The fourth-order valence-corrected chi connectivity index (χ4v) is 2.06. The largest absolute Gasteiger partial charge is 0.385 e. The van der Waals surface area contributed by atoms with Crippen LogP contribution in [0.5, 0.6) is 0 Å². The van der Waals surface area contributed by atoms with Crippen molar-refractivity contribution in [2.24, 2.45) is 0 Å². The zero-order chi connectivity index (χ0) is 17.2. The van der Waals surface area contributed by atoms with Gasteiger partial charge in [-0.05, 0) is 6.42 Å². The van der Waals surface area contributed by atoms with Crippen LogP contribution in [-0.2, 0) is 4.74 Å². The number of methoxy groups -OCH3 is 1. The minimum atomic E-state index is -0.229. The maximum atomic E-state index is 12.3. The first-order valence-corrected chi connectivity index (χ1v) is 7.81. The Balaban J connectivity index is 2.22. The van der Waals surface area contributed by atoms with Crippen molar-refractivity contribution in [3.8, 4) is 11.4 Å². The van der Waals surface area contributed by atoms with Gasteiger partial charge >= 0.3 is 0 Å². The topological polar surface area (TPSA) is 76.1 Å². The highest BCUT2D eigenvalue weighted by Gasteiger charge is 2.12. The lowest BCUT2D eigenvalue weighted by molar-refractivity contribution is 0.0943. The van der Waals surface area contributed by atoms with E-state index in [0.29, 0.717) is 37.0 Å². The van der Waals surface area contributed by atoms with Gasteiger partial charge < -0.3 is 15.4 Å². The molecule has 0 aliphatic carbocycles. The first-order valence-electron chi connectivity index (χ1n) is 7.81. The Bertz CT molecular complexity index is 674. The third-order valence-electron chi connectivity index (χ3n) is 3.23. The summed E-state index contributed by atoms with van der Waals surface area (Å²) in [5, 5.41) is 5.95. The summed E-state index contributed by atoms with van der Waals surface area (Å²) in [5.41, 5.74) is 1.18. The van der Waals surface area contributed by atoms with E-state index in [0.717, 1.165) is 12.0 Å². The highest BCUT2D eigenvalue weighted by Crippen LogP contribution is 2.17. The Morgan fingerprint density at radius 3 is 2.79 bits per heavy atom. The van der Waals surface area contributed by atoms with Gasteiger partial charge in [0.2, 0.25) is 0 Å². The second kappa shape index (κ2) is 9.42. The molecule has 0 saturated heterocycles. The molecule has 1 aromatic heterocycles. The molecule has 2 rings (SSSR count). The number of hydrogen-bond acceptors (Lipinski definition) is 5. The molecule has 6 nitrogen and oxygen atoms in total. The van der Waals surface area contributed by atoms with Crippen LogP contribution in [0.15, 0.2) is 49.1 Å². The number of anilines is 1. The Morgan fingerprint density at radius 2 is 2.08 bits per heavy atom. The summed E-state index contributed by atoms with van der Waals surface area (Å²) in [6.07, 6.45) is 2.48. The fraction of sp³-hybridized carbons (Fsp3) is 0.278. The van der Waals surface area contributed by atoms with E-state index in [4.69, 9.17) is 4.74 Å².